The first-order valence-corrected chi connectivity index (χ1v) is 6.98. The Balaban J connectivity index is 2.24. The van der Waals surface area contributed by atoms with E-state index in [4.69, 9.17) is 10.00 Å². The summed E-state index contributed by atoms with van der Waals surface area (Å²) in [6.45, 7) is 5.06. The maximum atomic E-state index is 9.07. The average molecular weight is 242 g/mol. The van der Waals surface area contributed by atoms with Gasteiger partial charge in [0, 0.05) is 17.6 Å². The van der Waals surface area contributed by atoms with Crippen LogP contribution in [0.15, 0.2) is 0 Å². The van der Waals surface area contributed by atoms with Gasteiger partial charge in [-0.15, -0.1) is 0 Å². The van der Waals surface area contributed by atoms with Crippen LogP contribution in [-0.4, -0.2) is 36.3 Å². The largest absolute Gasteiger partial charge is 0.377 e. The maximum absolute atomic E-state index is 9.07. The highest BCUT2D eigenvalue weighted by atomic mass is 32.2. The van der Waals surface area contributed by atoms with Crippen molar-refractivity contribution in [2.75, 3.05) is 19.4 Å². The Hall–Kier alpha value is -0.240. The number of thioether (sulfide) groups is 1. The maximum Gasteiger partial charge on any atom is 0.104 e. The number of hydrogen-bond donors (Lipinski definition) is 1. The van der Waals surface area contributed by atoms with Crippen molar-refractivity contribution >= 4 is 11.8 Å². The lowest BCUT2D eigenvalue weighted by Gasteiger charge is -2.25. The highest BCUT2D eigenvalue weighted by Crippen LogP contribution is 2.25. The molecular weight excluding hydrogens is 220 g/mol. The third-order valence-corrected chi connectivity index (χ3v) is 4.38. The zero-order valence-corrected chi connectivity index (χ0v) is 11.3. The lowest BCUT2D eigenvalue weighted by atomic mass is 9.98. The zero-order chi connectivity index (χ0) is 12.0. The third-order valence-electron chi connectivity index (χ3n) is 3.08. The van der Waals surface area contributed by atoms with E-state index in [1.165, 1.54) is 12.8 Å². The molecular formula is C12H22N2OS. The van der Waals surface area contributed by atoms with E-state index >= 15 is 0 Å². The number of nitrogens with one attached hydrogen (secondary N) is 1. The van der Waals surface area contributed by atoms with Crippen LogP contribution in [0.25, 0.3) is 0 Å². The van der Waals surface area contributed by atoms with Gasteiger partial charge in [-0.1, -0.05) is 6.92 Å². The molecule has 0 aromatic carbocycles. The molecule has 3 unspecified atom stereocenters. The van der Waals surface area contributed by atoms with Crippen LogP contribution in [0.3, 0.4) is 0 Å². The minimum atomic E-state index is -0.400. The van der Waals surface area contributed by atoms with Crippen LogP contribution >= 0.6 is 11.8 Å². The van der Waals surface area contributed by atoms with Crippen LogP contribution in [-0.2, 0) is 4.74 Å². The Kier molecular flexibility index (Phi) is 5.60. The Labute approximate surface area is 103 Å². The van der Waals surface area contributed by atoms with Crippen molar-refractivity contribution in [1.29, 1.82) is 5.26 Å². The Morgan fingerprint density at radius 1 is 1.69 bits per heavy atom. The first kappa shape index (κ1) is 13.8. The summed E-state index contributed by atoms with van der Waals surface area (Å²) in [5.74, 6) is 1.06. The lowest BCUT2D eigenvalue weighted by Crippen LogP contribution is -2.40. The number of rotatable bonds is 6. The van der Waals surface area contributed by atoms with Crippen LogP contribution in [0, 0.1) is 11.3 Å². The highest BCUT2D eigenvalue weighted by Gasteiger charge is 2.25. The molecule has 0 spiro atoms. The van der Waals surface area contributed by atoms with Gasteiger partial charge in [-0.25, -0.2) is 0 Å². The summed E-state index contributed by atoms with van der Waals surface area (Å²) in [6.07, 6.45) is 3.71. The normalized spacial score (nSPS) is 26.0. The van der Waals surface area contributed by atoms with E-state index in [9.17, 15) is 0 Å². The molecule has 4 heteroatoms. The predicted molar refractivity (Wildman–Crippen MR) is 68.6 cm³/mol. The van der Waals surface area contributed by atoms with E-state index in [1.54, 1.807) is 0 Å². The molecule has 1 aliphatic rings. The van der Waals surface area contributed by atoms with E-state index in [0.29, 0.717) is 11.4 Å². The monoisotopic (exact) mass is 242 g/mol. The summed E-state index contributed by atoms with van der Waals surface area (Å²) in [6, 6.07) is 2.33. The quantitative estimate of drug-likeness (QED) is 0.775. The van der Waals surface area contributed by atoms with Crippen LogP contribution in [0.2, 0.25) is 0 Å². The summed E-state index contributed by atoms with van der Waals surface area (Å²) in [5.41, 5.74) is -0.400. The topological polar surface area (TPSA) is 45.0 Å². The molecule has 1 fully saturated rings. The summed E-state index contributed by atoms with van der Waals surface area (Å²) >= 11 is 1.92. The van der Waals surface area contributed by atoms with E-state index in [1.807, 2.05) is 25.7 Å². The minimum Gasteiger partial charge on any atom is -0.377 e. The fraction of sp³-hybridized carbons (Fsp3) is 0.917. The van der Waals surface area contributed by atoms with E-state index in [2.05, 4.69) is 18.3 Å². The van der Waals surface area contributed by atoms with Crippen molar-refractivity contribution in [2.45, 2.75) is 50.0 Å². The molecule has 0 aromatic rings. The molecule has 0 radical (unpaired) electrons. The van der Waals surface area contributed by atoms with Crippen molar-refractivity contribution in [2.24, 2.45) is 0 Å². The second-order valence-corrected chi connectivity index (χ2v) is 6.15. The molecule has 1 rings (SSSR count). The zero-order valence-electron chi connectivity index (χ0n) is 10.5. The molecule has 0 saturated carbocycles. The van der Waals surface area contributed by atoms with Gasteiger partial charge in [-0.3, -0.25) is 0 Å². The molecule has 1 heterocycles. The third kappa shape index (κ3) is 4.32. The van der Waals surface area contributed by atoms with Crippen molar-refractivity contribution in [1.82, 2.24) is 5.32 Å². The van der Waals surface area contributed by atoms with Crippen molar-refractivity contribution in [3.63, 3.8) is 0 Å². The second kappa shape index (κ2) is 6.48. The average Bonchev–Trinajstić information content (AvgIpc) is 2.79. The molecule has 3 nitrogen and oxygen atoms in total. The molecule has 0 aromatic heterocycles. The second-order valence-electron chi connectivity index (χ2n) is 4.68. The molecule has 3 atom stereocenters. The Morgan fingerprint density at radius 3 is 2.94 bits per heavy atom. The fourth-order valence-corrected chi connectivity index (χ4v) is 3.14. The summed E-state index contributed by atoms with van der Waals surface area (Å²) < 4.78 is 5.58. The van der Waals surface area contributed by atoms with Crippen LogP contribution in [0.5, 0.6) is 0 Å². The lowest BCUT2D eigenvalue weighted by molar-refractivity contribution is 0.128. The van der Waals surface area contributed by atoms with Gasteiger partial charge in [-0.2, -0.15) is 17.0 Å². The molecule has 0 amide bonds. The van der Waals surface area contributed by atoms with E-state index < -0.39 is 5.54 Å². The van der Waals surface area contributed by atoms with Gasteiger partial charge in [-0.05, 0) is 33.2 Å². The Morgan fingerprint density at radius 2 is 2.44 bits per heavy atom. The fourth-order valence-electron chi connectivity index (χ4n) is 1.88. The van der Waals surface area contributed by atoms with Crippen molar-refractivity contribution < 1.29 is 4.74 Å². The van der Waals surface area contributed by atoms with Crippen LogP contribution < -0.4 is 5.32 Å². The molecule has 0 aliphatic carbocycles. The number of hydrogen-bond acceptors (Lipinski definition) is 4. The van der Waals surface area contributed by atoms with Gasteiger partial charge >= 0.3 is 0 Å². The number of nitriles is 1. The SMILES string of the molecule is CNC(C)(C#N)CC(C)SCC1CCCO1. The van der Waals surface area contributed by atoms with Crippen molar-refractivity contribution in [3.8, 4) is 6.07 Å². The van der Waals surface area contributed by atoms with Gasteiger partial charge < -0.3 is 10.1 Å². The molecule has 16 heavy (non-hydrogen) atoms. The molecule has 0 bridgehead atoms. The number of ether oxygens (including phenoxy) is 1. The van der Waals surface area contributed by atoms with Gasteiger partial charge in [0.05, 0.1) is 12.2 Å². The smallest absolute Gasteiger partial charge is 0.104 e. The van der Waals surface area contributed by atoms with E-state index in [0.717, 1.165) is 18.8 Å². The molecule has 92 valence electrons. The summed E-state index contributed by atoms with van der Waals surface area (Å²) in [4.78, 5) is 0. The van der Waals surface area contributed by atoms with Crippen molar-refractivity contribution in [3.05, 3.63) is 0 Å². The van der Waals surface area contributed by atoms with Crippen LogP contribution in [0.1, 0.15) is 33.1 Å². The van der Waals surface area contributed by atoms with E-state index in [-0.39, 0.29) is 0 Å². The Bertz CT molecular complexity index is 248. The van der Waals surface area contributed by atoms with Gasteiger partial charge in [0.25, 0.3) is 0 Å². The summed E-state index contributed by atoms with van der Waals surface area (Å²) in [7, 11) is 1.85. The van der Waals surface area contributed by atoms with Crippen LogP contribution in [0.4, 0.5) is 0 Å². The highest BCUT2D eigenvalue weighted by molar-refractivity contribution is 7.99. The predicted octanol–water partition coefficient (Wildman–Crippen LogP) is 2.18. The first-order valence-electron chi connectivity index (χ1n) is 5.93. The minimum absolute atomic E-state index is 0.400. The molecule has 1 saturated heterocycles. The molecule has 1 aliphatic heterocycles. The standard InChI is InChI=1S/C12H22N2OS/c1-10(7-12(2,9-13)14-3)16-8-11-5-4-6-15-11/h10-11,14H,4-8H2,1-3H3. The molecule has 1 N–H and O–H groups in total. The summed E-state index contributed by atoms with van der Waals surface area (Å²) in [5, 5.41) is 12.6. The first-order chi connectivity index (χ1) is 7.59. The van der Waals surface area contributed by atoms with Gasteiger partial charge in [0.15, 0.2) is 0 Å². The van der Waals surface area contributed by atoms with Gasteiger partial charge in [0.1, 0.15) is 5.54 Å². The number of nitrogens with zero attached hydrogens (tertiary/aromatic N) is 1. The van der Waals surface area contributed by atoms with Gasteiger partial charge in [0.2, 0.25) is 0 Å².